The van der Waals surface area contributed by atoms with Gasteiger partial charge in [0.05, 0.1) is 7.11 Å². The third-order valence-corrected chi connectivity index (χ3v) is 2.46. The summed E-state index contributed by atoms with van der Waals surface area (Å²) in [5.74, 6) is 1.55. The summed E-state index contributed by atoms with van der Waals surface area (Å²) in [5, 5.41) is 0. The van der Waals surface area contributed by atoms with E-state index in [0.717, 1.165) is 29.3 Å². The second-order valence-electron chi connectivity index (χ2n) is 3.64. The molecule has 0 bridgehead atoms. The predicted octanol–water partition coefficient (Wildman–Crippen LogP) is 1.65. The third kappa shape index (κ3) is 2.79. The van der Waals surface area contributed by atoms with Gasteiger partial charge in [0, 0.05) is 23.9 Å². The molecule has 0 radical (unpaired) electrons. The molecule has 17 heavy (non-hydrogen) atoms. The van der Waals surface area contributed by atoms with E-state index >= 15 is 0 Å². The van der Waals surface area contributed by atoms with Gasteiger partial charge in [-0.1, -0.05) is 0 Å². The molecule has 4 nitrogen and oxygen atoms in total. The minimum absolute atomic E-state index is 0.596. The molecular weight excluding hydrogens is 214 g/mol. The van der Waals surface area contributed by atoms with Gasteiger partial charge >= 0.3 is 0 Å². The summed E-state index contributed by atoms with van der Waals surface area (Å²) < 4.78 is 5.11. The van der Waals surface area contributed by atoms with Crippen molar-refractivity contribution in [1.82, 2.24) is 9.97 Å². The van der Waals surface area contributed by atoms with E-state index in [0.29, 0.717) is 6.54 Å². The van der Waals surface area contributed by atoms with Crippen LogP contribution in [0.15, 0.2) is 36.5 Å². The van der Waals surface area contributed by atoms with E-state index in [9.17, 15) is 0 Å². The van der Waals surface area contributed by atoms with Crippen molar-refractivity contribution in [2.24, 2.45) is 5.73 Å². The molecule has 0 saturated carbocycles. The minimum Gasteiger partial charge on any atom is -0.497 e. The predicted molar refractivity (Wildman–Crippen MR) is 66.8 cm³/mol. The van der Waals surface area contributed by atoms with Crippen LogP contribution in [0.25, 0.3) is 11.4 Å². The average molecular weight is 229 g/mol. The van der Waals surface area contributed by atoms with E-state index in [1.807, 2.05) is 30.3 Å². The molecule has 2 N–H and O–H groups in total. The highest BCUT2D eigenvalue weighted by Gasteiger charge is 2.02. The third-order valence-electron chi connectivity index (χ3n) is 2.46. The van der Waals surface area contributed by atoms with Gasteiger partial charge in [0.25, 0.3) is 0 Å². The van der Waals surface area contributed by atoms with Crippen LogP contribution < -0.4 is 10.5 Å². The molecule has 0 spiro atoms. The molecular formula is C13H15N3O. The van der Waals surface area contributed by atoms with Crippen molar-refractivity contribution in [1.29, 1.82) is 0 Å². The first-order valence-corrected chi connectivity index (χ1v) is 5.50. The first-order valence-electron chi connectivity index (χ1n) is 5.50. The molecule has 0 atom stereocenters. The van der Waals surface area contributed by atoms with Crippen molar-refractivity contribution in [2.45, 2.75) is 6.42 Å². The normalized spacial score (nSPS) is 10.2. The maximum Gasteiger partial charge on any atom is 0.159 e. The summed E-state index contributed by atoms with van der Waals surface area (Å²) in [4.78, 5) is 8.71. The fourth-order valence-electron chi connectivity index (χ4n) is 1.56. The highest BCUT2D eigenvalue weighted by Crippen LogP contribution is 2.18. The van der Waals surface area contributed by atoms with E-state index in [2.05, 4.69) is 9.97 Å². The average Bonchev–Trinajstić information content (AvgIpc) is 2.40. The monoisotopic (exact) mass is 229 g/mol. The van der Waals surface area contributed by atoms with Gasteiger partial charge in [-0.15, -0.1) is 0 Å². The van der Waals surface area contributed by atoms with Gasteiger partial charge in [0.2, 0.25) is 0 Å². The van der Waals surface area contributed by atoms with Crippen molar-refractivity contribution < 1.29 is 4.74 Å². The SMILES string of the molecule is COc1ccc(-c2nccc(CCN)n2)cc1. The standard InChI is InChI=1S/C13H15N3O/c1-17-12-4-2-10(3-5-12)13-15-9-7-11(16-13)6-8-14/h2-5,7,9H,6,8,14H2,1H3. The van der Waals surface area contributed by atoms with E-state index in [-0.39, 0.29) is 0 Å². The fourth-order valence-corrected chi connectivity index (χ4v) is 1.56. The number of nitrogens with zero attached hydrogens (tertiary/aromatic N) is 2. The number of benzene rings is 1. The Morgan fingerprint density at radius 1 is 1.18 bits per heavy atom. The Hall–Kier alpha value is -1.94. The summed E-state index contributed by atoms with van der Waals surface area (Å²) in [6.07, 6.45) is 2.53. The number of hydrogen-bond donors (Lipinski definition) is 1. The number of rotatable bonds is 4. The van der Waals surface area contributed by atoms with E-state index in [1.54, 1.807) is 13.3 Å². The zero-order valence-corrected chi connectivity index (χ0v) is 9.76. The lowest BCUT2D eigenvalue weighted by molar-refractivity contribution is 0.415. The van der Waals surface area contributed by atoms with Gasteiger partial charge in [-0.2, -0.15) is 0 Å². The van der Waals surface area contributed by atoms with Crippen molar-refractivity contribution in [3.63, 3.8) is 0 Å². The number of ether oxygens (including phenoxy) is 1. The van der Waals surface area contributed by atoms with Gasteiger partial charge in [0.1, 0.15) is 5.75 Å². The van der Waals surface area contributed by atoms with Crippen molar-refractivity contribution >= 4 is 0 Å². The molecule has 88 valence electrons. The number of hydrogen-bond acceptors (Lipinski definition) is 4. The van der Waals surface area contributed by atoms with Crippen LogP contribution in [-0.2, 0) is 6.42 Å². The highest BCUT2D eigenvalue weighted by atomic mass is 16.5. The minimum atomic E-state index is 0.596. The van der Waals surface area contributed by atoms with Gasteiger partial charge in [-0.05, 0) is 36.9 Å². The van der Waals surface area contributed by atoms with Crippen molar-refractivity contribution in [3.8, 4) is 17.1 Å². The van der Waals surface area contributed by atoms with Crippen LogP contribution in [0.1, 0.15) is 5.69 Å². The molecule has 2 aromatic rings. The van der Waals surface area contributed by atoms with Crippen LogP contribution >= 0.6 is 0 Å². The lowest BCUT2D eigenvalue weighted by atomic mass is 10.2. The van der Waals surface area contributed by atoms with Crippen LogP contribution in [0.4, 0.5) is 0 Å². The van der Waals surface area contributed by atoms with E-state index in [1.165, 1.54) is 0 Å². The molecule has 4 heteroatoms. The Morgan fingerprint density at radius 2 is 1.94 bits per heavy atom. The van der Waals surface area contributed by atoms with Crippen LogP contribution in [0.3, 0.4) is 0 Å². The Morgan fingerprint density at radius 3 is 2.59 bits per heavy atom. The molecule has 0 amide bonds. The largest absolute Gasteiger partial charge is 0.497 e. The van der Waals surface area contributed by atoms with Gasteiger partial charge in [-0.3, -0.25) is 0 Å². The summed E-state index contributed by atoms with van der Waals surface area (Å²) in [6, 6.07) is 9.57. The maximum atomic E-state index is 5.51. The molecule has 0 aliphatic carbocycles. The Bertz CT molecular complexity index is 482. The van der Waals surface area contributed by atoms with E-state index in [4.69, 9.17) is 10.5 Å². The lowest BCUT2D eigenvalue weighted by Gasteiger charge is -2.04. The van der Waals surface area contributed by atoms with Crippen molar-refractivity contribution in [3.05, 3.63) is 42.2 Å². The fraction of sp³-hybridized carbons (Fsp3) is 0.231. The maximum absolute atomic E-state index is 5.51. The van der Waals surface area contributed by atoms with Crippen LogP contribution in [-0.4, -0.2) is 23.6 Å². The Kier molecular flexibility index (Phi) is 3.67. The lowest BCUT2D eigenvalue weighted by Crippen LogP contribution is -2.05. The molecule has 1 aromatic heterocycles. The first-order chi connectivity index (χ1) is 8.33. The summed E-state index contributed by atoms with van der Waals surface area (Å²) in [7, 11) is 1.65. The van der Waals surface area contributed by atoms with E-state index < -0.39 is 0 Å². The van der Waals surface area contributed by atoms with Crippen LogP contribution in [0.2, 0.25) is 0 Å². The number of methoxy groups -OCH3 is 1. The topological polar surface area (TPSA) is 61.0 Å². The molecule has 1 aromatic carbocycles. The first kappa shape index (κ1) is 11.5. The van der Waals surface area contributed by atoms with Crippen molar-refractivity contribution in [2.75, 3.05) is 13.7 Å². The van der Waals surface area contributed by atoms with Gasteiger partial charge < -0.3 is 10.5 Å². The molecule has 0 aliphatic heterocycles. The van der Waals surface area contributed by atoms with Crippen LogP contribution in [0.5, 0.6) is 5.75 Å². The molecule has 1 heterocycles. The molecule has 0 aliphatic rings. The summed E-state index contributed by atoms with van der Waals surface area (Å²) >= 11 is 0. The summed E-state index contributed by atoms with van der Waals surface area (Å²) in [6.45, 7) is 0.596. The Labute approximate surface area is 100 Å². The van der Waals surface area contributed by atoms with Gasteiger partial charge in [-0.25, -0.2) is 9.97 Å². The Balaban J connectivity index is 2.28. The molecule has 0 unspecified atom stereocenters. The molecule has 0 saturated heterocycles. The second kappa shape index (κ2) is 5.41. The van der Waals surface area contributed by atoms with Crippen LogP contribution in [0, 0.1) is 0 Å². The molecule has 0 fully saturated rings. The number of nitrogens with two attached hydrogens (primary N) is 1. The zero-order valence-electron chi connectivity index (χ0n) is 9.76. The molecule has 2 rings (SSSR count). The summed E-state index contributed by atoms with van der Waals surface area (Å²) in [5.41, 5.74) is 7.45. The van der Waals surface area contributed by atoms with Gasteiger partial charge in [0.15, 0.2) is 5.82 Å². The quantitative estimate of drug-likeness (QED) is 0.866. The zero-order chi connectivity index (χ0) is 12.1. The highest BCUT2D eigenvalue weighted by molar-refractivity contribution is 5.56. The second-order valence-corrected chi connectivity index (χ2v) is 3.64. The smallest absolute Gasteiger partial charge is 0.159 e. The number of aromatic nitrogens is 2.